The molecule has 41 heavy (non-hydrogen) atoms. The fourth-order valence-electron chi connectivity index (χ4n) is 5.09. The van der Waals surface area contributed by atoms with E-state index in [2.05, 4.69) is 40.7 Å². The van der Waals surface area contributed by atoms with Crippen molar-refractivity contribution < 1.29 is 17.6 Å². The van der Waals surface area contributed by atoms with Crippen LogP contribution in [-0.4, -0.2) is 61.6 Å². The lowest BCUT2D eigenvalue weighted by Crippen LogP contribution is -2.40. The van der Waals surface area contributed by atoms with E-state index in [1.807, 2.05) is 6.07 Å². The van der Waals surface area contributed by atoms with Gasteiger partial charge in [-0.15, -0.1) is 5.10 Å². The number of anilines is 3. The second-order valence-corrected chi connectivity index (χ2v) is 12.2. The third-order valence-electron chi connectivity index (χ3n) is 7.25. The van der Waals surface area contributed by atoms with E-state index in [0.717, 1.165) is 37.6 Å². The number of nitrogens with one attached hydrogen (secondary N) is 4. The van der Waals surface area contributed by atoms with Crippen molar-refractivity contribution >= 4 is 38.8 Å². The Morgan fingerprint density at radius 2 is 1.73 bits per heavy atom. The standard InChI is InChI=1S/C26H31FN10O3S/c1-15-14-36(2)26(30-15)41(39,40)35-18-7-5-17(6-8-18)32-23-11-21(31-16-3-4-16)24-29-13-22(37(24)34-23)25(38)33-20-9-10-28-12-19(20)27/h9-14,16-18,31,35H,3-8H2,1-2H3,(H,32,34)(H,28,33,38)/t17-,18-. The molecule has 0 spiro atoms. The van der Waals surface area contributed by atoms with Crippen LogP contribution >= 0.6 is 0 Å². The number of imidazole rings is 2. The summed E-state index contributed by atoms with van der Waals surface area (Å²) in [5, 5.41) is 14.1. The fraction of sp³-hybridized carbons (Fsp3) is 0.423. The minimum absolute atomic E-state index is 0.00952. The highest BCUT2D eigenvalue weighted by molar-refractivity contribution is 7.89. The number of halogens is 1. The van der Waals surface area contributed by atoms with Crippen LogP contribution in [0.25, 0.3) is 5.65 Å². The molecule has 0 saturated heterocycles. The molecule has 2 aliphatic rings. The number of aromatic nitrogens is 6. The molecular formula is C26H31FN10O3S. The number of carbonyl (C=O) groups is 1. The maximum Gasteiger partial charge on any atom is 0.276 e. The van der Waals surface area contributed by atoms with E-state index in [4.69, 9.17) is 0 Å². The van der Waals surface area contributed by atoms with Crippen LogP contribution in [0.5, 0.6) is 0 Å². The quantitative estimate of drug-likeness (QED) is 0.233. The molecule has 4 heterocycles. The van der Waals surface area contributed by atoms with Crippen LogP contribution in [0.3, 0.4) is 0 Å². The lowest BCUT2D eigenvalue weighted by Gasteiger charge is -2.29. The smallest absolute Gasteiger partial charge is 0.276 e. The number of hydrogen-bond acceptors (Lipinski definition) is 9. The number of aryl methyl sites for hydroxylation is 2. The highest BCUT2D eigenvalue weighted by Crippen LogP contribution is 2.30. The molecule has 2 aliphatic carbocycles. The number of carbonyl (C=O) groups excluding carboxylic acids is 1. The largest absolute Gasteiger partial charge is 0.379 e. The number of fused-ring (bicyclic) bond motifs is 1. The molecule has 0 unspecified atom stereocenters. The average Bonchev–Trinajstić information content (AvgIpc) is 3.52. The van der Waals surface area contributed by atoms with Crippen molar-refractivity contribution in [3.8, 4) is 0 Å². The van der Waals surface area contributed by atoms with Crippen LogP contribution in [0.4, 0.5) is 21.6 Å². The van der Waals surface area contributed by atoms with Gasteiger partial charge in [0.25, 0.3) is 15.9 Å². The lowest BCUT2D eigenvalue weighted by molar-refractivity contribution is 0.102. The zero-order valence-corrected chi connectivity index (χ0v) is 23.4. The topological polar surface area (TPSA) is 160 Å². The summed E-state index contributed by atoms with van der Waals surface area (Å²) in [7, 11) is -2.06. The van der Waals surface area contributed by atoms with E-state index in [1.54, 1.807) is 20.2 Å². The van der Waals surface area contributed by atoms with E-state index in [-0.39, 0.29) is 28.6 Å². The molecule has 13 nitrogen and oxygen atoms in total. The molecule has 1 amide bonds. The Labute approximate surface area is 236 Å². The summed E-state index contributed by atoms with van der Waals surface area (Å²) in [5.41, 5.74) is 2.04. The van der Waals surface area contributed by atoms with Crippen molar-refractivity contribution in [2.24, 2.45) is 7.05 Å². The molecule has 0 bridgehead atoms. The lowest BCUT2D eigenvalue weighted by atomic mass is 9.92. The first kappa shape index (κ1) is 27.1. The highest BCUT2D eigenvalue weighted by atomic mass is 32.2. The van der Waals surface area contributed by atoms with Crippen molar-refractivity contribution in [1.29, 1.82) is 0 Å². The number of sulfonamides is 1. The Bertz CT molecular complexity index is 1710. The second kappa shape index (κ2) is 10.7. The van der Waals surface area contributed by atoms with Gasteiger partial charge in [-0.3, -0.25) is 9.78 Å². The predicted molar refractivity (Wildman–Crippen MR) is 150 cm³/mol. The summed E-state index contributed by atoms with van der Waals surface area (Å²) in [4.78, 5) is 25.3. The molecule has 0 aromatic carbocycles. The maximum absolute atomic E-state index is 14.1. The van der Waals surface area contributed by atoms with Gasteiger partial charge >= 0.3 is 0 Å². The van der Waals surface area contributed by atoms with Gasteiger partial charge in [-0.1, -0.05) is 0 Å². The number of nitrogens with zero attached hydrogens (tertiary/aromatic N) is 6. The normalized spacial score (nSPS) is 19.3. The van der Waals surface area contributed by atoms with Crippen molar-refractivity contribution in [2.75, 3.05) is 16.0 Å². The monoisotopic (exact) mass is 582 g/mol. The summed E-state index contributed by atoms with van der Waals surface area (Å²) < 4.78 is 45.6. The van der Waals surface area contributed by atoms with Gasteiger partial charge in [0.1, 0.15) is 5.82 Å². The third-order valence-corrected chi connectivity index (χ3v) is 8.76. The molecule has 0 aliphatic heterocycles. The SMILES string of the molecule is Cc1cn(C)c(S(=O)(=O)N[C@H]2CC[C@H](Nc3cc(NC4CC4)c4ncc(C(=O)Nc5ccncc5F)n4n3)CC2)n1. The zero-order valence-electron chi connectivity index (χ0n) is 22.6. The van der Waals surface area contributed by atoms with Gasteiger partial charge < -0.3 is 20.5 Å². The fourth-order valence-corrected chi connectivity index (χ4v) is 6.57. The summed E-state index contributed by atoms with van der Waals surface area (Å²) in [6, 6.07) is 3.44. The van der Waals surface area contributed by atoms with Gasteiger partial charge in [-0.05, 0) is 51.5 Å². The molecule has 2 saturated carbocycles. The third kappa shape index (κ3) is 5.86. The predicted octanol–water partition coefficient (Wildman–Crippen LogP) is 2.83. The molecule has 4 aromatic rings. The van der Waals surface area contributed by atoms with Crippen LogP contribution in [0.1, 0.15) is 54.7 Å². The molecule has 4 N–H and O–H groups in total. The van der Waals surface area contributed by atoms with Gasteiger partial charge in [0.2, 0.25) is 5.16 Å². The first-order valence-corrected chi connectivity index (χ1v) is 15.0. The van der Waals surface area contributed by atoms with E-state index in [9.17, 15) is 17.6 Å². The van der Waals surface area contributed by atoms with Crippen LogP contribution in [0, 0.1) is 12.7 Å². The summed E-state index contributed by atoms with van der Waals surface area (Å²) >= 11 is 0. The van der Waals surface area contributed by atoms with E-state index < -0.39 is 21.7 Å². The highest BCUT2D eigenvalue weighted by Gasteiger charge is 2.29. The Morgan fingerprint density at radius 3 is 2.41 bits per heavy atom. The number of hydrogen-bond donors (Lipinski definition) is 4. The number of rotatable bonds is 9. The number of amides is 1. The molecule has 216 valence electrons. The molecule has 15 heteroatoms. The van der Waals surface area contributed by atoms with Crippen molar-refractivity contribution in [3.05, 3.63) is 54.1 Å². The van der Waals surface area contributed by atoms with E-state index in [1.165, 1.54) is 27.5 Å². The van der Waals surface area contributed by atoms with Crippen LogP contribution in [-0.2, 0) is 17.1 Å². The van der Waals surface area contributed by atoms with Gasteiger partial charge in [-0.25, -0.2) is 32.0 Å². The van der Waals surface area contributed by atoms with Crippen LogP contribution in [0.2, 0.25) is 0 Å². The van der Waals surface area contributed by atoms with Crippen LogP contribution in [0.15, 0.2) is 42.1 Å². The first-order chi connectivity index (χ1) is 19.7. The average molecular weight is 583 g/mol. The minimum Gasteiger partial charge on any atom is -0.379 e. The van der Waals surface area contributed by atoms with E-state index >= 15 is 0 Å². The Balaban J connectivity index is 1.17. The van der Waals surface area contributed by atoms with Crippen molar-refractivity contribution in [1.82, 2.24) is 33.9 Å². The van der Waals surface area contributed by atoms with Gasteiger partial charge in [0.15, 0.2) is 17.2 Å². The minimum atomic E-state index is -3.73. The maximum atomic E-state index is 14.1. The van der Waals surface area contributed by atoms with Gasteiger partial charge in [0, 0.05) is 43.6 Å². The molecule has 0 radical (unpaired) electrons. The zero-order chi connectivity index (χ0) is 28.7. The Kier molecular flexibility index (Phi) is 7.07. The molecule has 2 fully saturated rings. The molecule has 4 aromatic heterocycles. The van der Waals surface area contributed by atoms with Gasteiger partial charge in [0.05, 0.1) is 29.5 Å². The second-order valence-electron chi connectivity index (χ2n) is 10.6. The Morgan fingerprint density at radius 1 is 1.02 bits per heavy atom. The first-order valence-electron chi connectivity index (χ1n) is 13.5. The summed E-state index contributed by atoms with van der Waals surface area (Å²) in [6.07, 6.45) is 10.3. The van der Waals surface area contributed by atoms with Crippen molar-refractivity contribution in [2.45, 2.75) is 68.7 Å². The summed E-state index contributed by atoms with van der Waals surface area (Å²) in [5.74, 6) is -0.648. The summed E-state index contributed by atoms with van der Waals surface area (Å²) in [6.45, 7) is 1.76. The van der Waals surface area contributed by atoms with Crippen molar-refractivity contribution in [3.63, 3.8) is 0 Å². The molecule has 6 rings (SSSR count). The number of pyridine rings is 1. The Hall–Kier alpha value is -4.11. The molecular weight excluding hydrogens is 551 g/mol. The molecule has 0 atom stereocenters. The van der Waals surface area contributed by atoms with Crippen LogP contribution < -0.4 is 20.7 Å². The van der Waals surface area contributed by atoms with Gasteiger partial charge in [-0.2, -0.15) is 0 Å². The van der Waals surface area contributed by atoms with E-state index in [0.29, 0.717) is 36.0 Å².